The summed E-state index contributed by atoms with van der Waals surface area (Å²) in [6.45, 7) is 2.04. The predicted octanol–water partition coefficient (Wildman–Crippen LogP) is 2.06. The number of rotatable bonds is 6. The Labute approximate surface area is 146 Å². The molecular weight excluding hydrogens is 338 g/mol. The minimum atomic E-state index is -3.56. The Hall–Kier alpha value is -2.84. The average Bonchev–Trinajstić information content (AvgIpc) is 3.10. The van der Waals surface area contributed by atoms with E-state index in [1.54, 1.807) is 41.5 Å². The third-order valence-electron chi connectivity index (χ3n) is 3.44. The van der Waals surface area contributed by atoms with Gasteiger partial charge in [0.1, 0.15) is 0 Å². The number of benzene rings is 1. The number of aryl methyl sites for hydroxylation is 1. The fourth-order valence-corrected chi connectivity index (χ4v) is 2.85. The van der Waals surface area contributed by atoms with E-state index >= 15 is 0 Å². The van der Waals surface area contributed by atoms with Crippen molar-refractivity contribution in [1.82, 2.24) is 24.7 Å². The number of nitrogens with one attached hydrogen (secondary N) is 1. The van der Waals surface area contributed by atoms with Crippen LogP contribution in [0.5, 0.6) is 0 Å². The van der Waals surface area contributed by atoms with Gasteiger partial charge in [0, 0.05) is 17.8 Å². The molecule has 0 aliphatic carbocycles. The van der Waals surface area contributed by atoms with Crippen molar-refractivity contribution in [3.05, 3.63) is 77.2 Å². The largest absolute Gasteiger partial charge is 0.265 e. The van der Waals surface area contributed by atoms with E-state index in [4.69, 9.17) is 0 Å². The van der Waals surface area contributed by atoms with Crippen molar-refractivity contribution in [3.8, 4) is 5.69 Å². The van der Waals surface area contributed by atoms with E-state index in [1.807, 2.05) is 31.2 Å². The van der Waals surface area contributed by atoms with Crippen molar-refractivity contribution in [1.29, 1.82) is 0 Å². The monoisotopic (exact) mass is 355 g/mol. The molecule has 0 atom stereocenters. The molecule has 2 heterocycles. The maximum Gasteiger partial charge on any atom is 0.234 e. The van der Waals surface area contributed by atoms with Crippen LogP contribution >= 0.6 is 0 Å². The quantitative estimate of drug-likeness (QED) is 0.731. The lowest BCUT2D eigenvalue weighted by Crippen LogP contribution is -2.20. The standard InChI is InChI=1S/C17H17N5O2S/c1-14-2-4-15(5-3-14)8-11-25(23,24)19-12-16-13-22(21-20-16)17-6-9-18-10-7-17/h2-11,13,19H,12H2,1H3/b11-8+. The molecule has 3 aromatic rings. The van der Waals surface area contributed by atoms with Crippen LogP contribution < -0.4 is 4.72 Å². The van der Waals surface area contributed by atoms with Crippen LogP contribution in [0.3, 0.4) is 0 Å². The second kappa shape index (κ2) is 7.37. The molecule has 0 saturated heterocycles. The first-order valence-electron chi connectivity index (χ1n) is 7.58. The van der Waals surface area contributed by atoms with Crippen LogP contribution in [0, 0.1) is 6.92 Å². The topological polar surface area (TPSA) is 89.8 Å². The maximum atomic E-state index is 12.1. The zero-order valence-corrected chi connectivity index (χ0v) is 14.4. The molecule has 0 spiro atoms. The SMILES string of the molecule is Cc1ccc(/C=C/S(=O)(=O)NCc2cn(-c3ccncc3)nn2)cc1. The summed E-state index contributed by atoms with van der Waals surface area (Å²) in [5.41, 5.74) is 3.26. The van der Waals surface area contributed by atoms with Gasteiger partial charge in [-0.2, -0.15) is 0 Å². The van der Waals surface area contributed by atoms with Crippen molar-refractivity contribution in [2.24, 2.45) is 0 Å². The van der Waals surface area contributed by atoms with Gasteiger partial charge in [0.05, 0.1) is 24.1 Å². The number of hydrogen-bond donors (Lipinski definition) is 1. The van der Waals surface area contributed by atoms with E-state index in [9.17, 15) is 8.42 Å². The third kappa shape index (κ3) is 4.82. The summed E-state index contributed by atoms with van der Waals surface area (Å²) < 4.78 is 28.2. The van der Waals surface area contributed by atoms with E-state index in [-0.39, 0.29) is 6.54 Å². The molecular formula is C17H17N5O2S. The Balaban J connectivity index is 1.62. The molecule has 25 heavy (non-hydrogen) atoms. The molecule has 1 aromatic carbocycles. The summed E-state index contributed by atoms with van der Waals surface area (Å²) in [5.74, 6) is 0. The number of pyridine rings is 1. The zero-order valence-electron chi connectivity index (χ0n) is 13.6. The predicted molar refractivity (Wildman–Crippen MR) is 95.1 cm³/mol. The number of nitrogens with zero attached hydrogens (tertiary/aromatic N) is 4. The lowest BCUT2D eigenvalue weighted by molar-refractivity contribution is 0.590. The number of sulfonamides is 1. The minimum absolute atomic E-state index is 0.0612. The van der Waals surface area contributed by atoms with Crippen LogP contribution in [0.1, 0.15) is 16.8 Å². The van der Waals surface area contributed by atoms with Crippen LogP contribution in [0.15, 0.2) is 60.4 Å². The highest BCUT2D eigenvalue weighted by Crippen LogP contribution is 2.07. The highest BCUT2D eigenvalue weighted by Gasteiger charge is 2.08. The normalized spacial score (nSPS) is 11.9. The van der Waals surface area contributed by atoms with Crippen molar-refractivity contribution in [2.45, 2.75) is 13.5 Å². The number of hydrogen-bond acceptors (Lipinski definition) is 5. The van der Waals surface area contributed by atoms with Gasteiger partial charge in [-0.15, -0.1) is 5.10 Å². The Morgan fingerprint density at radius 2 is 1.84 bits per heavy atom. The second-order valence-corrected chi connectivity index (χ2v) is 7.09. The van der Waals surface area contributed by atoms with Gasteiger partial charge in [-0.25, -0.2) is 17.8 Å². The van der Waals surface area contributed by atoms with Crippen molar-refractivity contribution >= 4 is 16.1 Å². The van der Waals surface area contributed by atoms with Crippen molar-refractivity contribution < 1.29 is 8.42 Å². The molecule has 1 N–H and O–H groups in total. The maximum absolute atomic E-state index is 12.1. The first kappa shape index (κ1) is 17.0. The average molecular weight is 355 g/mol. The van der Waals surface area contributed by atoms with Gasteiger partial charge in [0.2, 0.25) is 10.0 Å². The molecule has 0 amide bonds. The van der Waals surface area contributed by atoms with Gasteiger partial charge in [-0.1, -0.05) is 35.0 Å². The number of aromatic nitrogens is 4. The molecule has 0 unspecified atom stereocenters. The first-order chi connectivity index (χ1) is 12.0. The lowest BCUT2D eigenvalue weighted by atomic mass is 10.2. The minimum Gasteiger partial charge on any atom is -0.265 e. The Morgan fingerprint density at radius 3 is 2.56 bits per heavy atom. The lowest BCUT2D eigenvalue weighted by Gasteiger charge is -2.00. The van der Waals surface area contributed by atoms with Crippen molar-refractivity contribution in [3.63, 3.8) is 0 Å². The molecule has 8 heteroatoms. The molecule has 128 valence electrons. The fourth-order valence-electron chi connectivity index (χ4n) is 2.07. The Bertz CT molecular complexity index is 964. The Morgan fingerprint density at radius 1 is 1.12 bits per heavy atom. The molecule has 0 saturated carbocycles. The highest BCUT2D eigenvalue weighted by atomic mass is 32.2. The molecule has 0 bridgehead atoms. The van der Waals surface area contributed by atoms with Crippen LogP contribution in [0.2, 0.25) is 0 Å². The molecule has 0 aliphatic rings. The third-order valence-corrected chi connectivity index (χ3v) is 4.48. The molecule has 0 aliphatic heterocycles. The molecule has 3 rings (SSSR count). The van der Waals surface area contributed by atoms with Crippen LogP contribution in [-0.2, 0) is 16.6 Å². The zero-order chi connectivity index (χ0) is 17.7. The van der Waals surface area contributed by atoms with Gasteiger partial charge in [0.25, 0.3) is 0 Å². The summed E-state index contributed by atoms with van der Waals surface area (Å²) in [6, 6.07) is 11.2. The highest BCUT2D eigenvalue weighted by molar-refractivity contribution is 7.92. The molecule has 2 aromatic heterocycles. The van der Waals surface area contributed by atoms with Crippen LogP contribution in [0.25, 0.3) is 11.8 Å². The molecule has 7 nitrogen and oxygen atoms in total. The van der Waals surface area contributed by atoms with Gasteiger partial charge in [0.15, 0.2) is 0 Å². The van der Waals surface area contributed by atoms with E-state index in [1.165, 1.54) is 0 Å². The smallest absolute Gasteiger partial charge is 0.234 e. The van der Waals surface area contributed by atoms with Gasteiger partial charge in [-0.05, 0) is 30.7 Å². The van der Waals surface area contributed by atoms with E-state index < -0.39 is 10.0 Å². The van der Waals surface area contributed by atoms with Crippen molar-refractivity contribution in [2.75, 3.05) is 0 Å². The summed E-state index contributed by atoms with van der Waals surface area (Å²) in [7, 11) is -3.56. The summed E-state index contributed by atoms with van der Waals surface area (Å²) in [4.78, 5) is 3.94. The van der Waals surface area contributed by atoms with E-state index in [2.05, 4.69) is 20.0 Å². The van der Waals surface area contributed by atoms with Gasteiger partial charge >= 0.3 is 0 Å². The Kier molecular flexibility index (Phi) is 5.01. The molecule has 0 fully saturated rings. The van der Waals surface area contributed by atoms with Gasteiger partial charge in [-0.3, -0.25) is 4.98 Å². The van der Waals surface area contributed by atoms with Gasteiger partial charge < -0.3 is 0 Å². The fraction of sp³-hybridized carbons (Fsp3) is 0.118. The first-order valence-corrected chi connectivity index (χ1v) is 9.12. The summed E-state index contributed by atoms with van der Waals surface area (Å²) >= 11 is 0. The van der Waals surface area contributed by atoms with Crippen LogP contribution in [0.4, 0.5) is 0 Å². The summed E-state index contributed by atoms with van der Waals surface area (Å²) in [5, 5.41) is 9.08. The van der Waals surface area contributed by atoms with E-state index in [0.29, 0.717) is 5.69 Å². The van der Waals surface area contributed by atoms with E-state index in [0.717, 1.165) is 22.2 Å². The second-order valence-electron chi connectivity index (χ2n) is 5.44. The summed E-state index contributed by atoms with van der Waals surface area (Å²) in [6.07, 6.45) is 6.52. The van der Waals surface area contributed by atoms with Crippen LogP contribution in [-0.4, -0.2) is 28.4 Å². The molecule has 0 radical (unpaired) electrons.